The van der Waals surface area contributed by atoms with Gasteiger partial charge in [0.1, 0.15) is 0 Å². The van der Waals surface area contributed by atoms with E-state index in [0.29, 0.717) is 23.8 Å². The molecule has 136 valence electrons. The lowest BCUT2D eigenvalue weighted by Gasteiger charge is -2.35. The van der Waals surface area contributed by atoms with Crippen molar-refractivity contribution in [3.05, 3.63) is 0 Å². The normalized spacial score (nSPS) is 36.2. The Balaban J connectivity index is 0.00000132. The Morgan fingerprint density at radius 2 is 1.87 bits per heavy atom. The summed E-state index contributed by atoms with van der Waals surface area (Å²) in [7, 11) is 4.20. The van der Waals surface area contributed by atoms with E-state index in [0.717, 1.165) is 13.0 Å². The van der Waals surface area contributed by atoms with E-state index in [1.54, 1.807) is 0 Å². The highest BCUT2D eigenvalue weighted by Gasteiger charge is 2.49. The van der Waals surface area contributed by atoms with Crippen molar-refractivity contribution in [3.8, 4) is 0 Å². The standard InChI is InChI=1S/C17H31N3O.2ClH/c1-19-9-4-3-5-14(19)8-10-20(2)17(21)15-12-6-7-13(11-12)16(15)18;;/h12-16H,3-11,18H2,1-2H3;2*1H. The molecule has 1 amide bonds. The van der Waals surface area contributed by atoms with Crippen molar-refractivity contribution in [3.63, 3.8) is 0 Å². The molecule has 23 heavy (non-hydrogen) atoms. The highest BCUT2D eigenvalue weighted by atomic mass is 35.5. The van der Waals surface area contributed by atoms with E-state index in [4.69, 9.17) is 5.73 Å². The molecule has 1 heterocycles. The Morgan fingerprint density at radius 3 is 2.48 bits per heavy atom. The number of nitrogens with zero attached hydrogens (tertiary/aromatic N) is 2. The monoisotopic (exact) mass is 365 g/mol. The average Bonchev–Trinajstić information content (AvgIpc) is 3.06. The number of carbonyl (C=O) groups is 1. The third-order valence-corrected chi connectivity index (χ3v) is 6.36. The number of rotatable bonds is 4. The van der Waals surface area contributed by atoms with E-state index in [9.17, 15) is 4.79 Å². The molecule has 2 aliphatic carbocycles. The zero-order valence-electron chi connectivity index (χ0n) is 14.4. The van der Waals surface area contributed by atoms with Gasteiger partial charge in [0.05, 0.1) is 5.92 Å². The van der Waals surface area contributed by atoms with E-state index < -0.39 is 0 Å². The van der Waals surface area contributed by atoms with E-state index in [-0.39, 0.29) is 36.8 Å². The van der Waals surface area contributed by atoms with Crippen LogP contribution < -0.4 is 5.73 Å². The number of halogens is 2. The van der Waals surface area contributed by atoms with Crippen LogP contribution in [0, 0.1) is 17.8 Å². The summed E-state index contributed by atoms with van der Waals surface area (Å²) in [6.45, 7) is 2.09. The van der Waals surface area contributed by atoms with Crippen LogP contribution in [0.15, 0.2) is 0 Å². The first-order valence-electron chi connectivity index (χ1n) is 8.78. The summed E-state index contributed by atoms with van der Waals surface area (Å²) < 4.78 is 0. The van der Waals surface area contributed by atoms with Gasteiger partial charge in [0.25, 0.3) is 0 Å². The summed E-state index contributed by atoms with van der Waals surface area (Å²) in [5, 5.41) is 0. The summed E-state index contributed by atoms with van der Waals surface area (Å²) in [6.07, 6.45) is 8.70. The molecule has 3 rings (SSSR count). The Labute approximate surface area is 153 Å². The topological polar surface area (TPSA) is 49.6 Å². The van der Waals surface area contributed by atoms with Crippen LogP contribution in [0.2, 0.25) is 0 Å². The molecule has 5 unspecified atom stereocenters. The van der Waals surface area contributed by atoms with Crippen LogP contribution in [0.3, 0.4) is 0 Å². The molecule has 3 fully saturated rings. The van der Waals surface area contributed by atoms with Gasteiger partial charge in [-0.05, 0) is 64.0 Å². The van der Waals surface area contributed by atoms with Crippen LogP contribution in [0.25, 0.3) is 0 Å². The second-order valence-electron chi connectivity index (χ2n) is 7.62. The summed E-state index contributed by atoms with van der Waals surface area (Å²) in [4.78, 5) is 17.2. The van der Waals surface area contributed by atoms with Gasteiger partial charge in [0.15, 0.2) is 0 Å². The molecule has 3 aliphatic rings. The van der Waals surface area contributed by atoms with Gasteiger partial charge in [-0.25, -0.2) is 0 Å². The maximum Gasteiger partial charge on any atom is 0.227 e. The fraction of sp³-hybridized carbons (Fsp3) is 0.941. The molecule has 0 aromatic carbocycles. The number of likely N-dealkylation sites (tertiary alicyclic amines) is 1. The molecule has 0 radical (unpaired) electrons. The number of nitrogens with two attached hydrogens (primary N) is 1. The highest BCUT2D eigenvalue weighted by molar-refractivity contribution is 5.85. The predicted octanol–water partition coefficient (Wildman–Crippen LogP) is 2.54. The zero-order chi connectivity index (χ0) is 15.0. The maximum atomic E-state index is 12.7. The lowest BCUT2D eigenvalue weighted by molar-refractivity contribution is -0.136. The first-order valence-corrected chi connectivity index (χ1v) is 8.78. The van der Waals surface area contributed by atoms with Gasteiger partial charge >= 0.3 is 0 Å². The minimum absolute atomic E-state index is 0. The van der Waals surface area contributed by atoms with E-state index in [1.807, 2.05) is 11.9 Å². The average molecular weight is 366 g/mol. The summed E-state index contributed by atoms with van der Waals surface area (Å²) in [6, 6.07) is 0.777. The fourth-order valence-electron chi connectivity index (χ4n) is 4.92. The van der Waals surface area contributed by atoms with E-state index in [2.05, 4.69) is 11.9 Å². The largest absolute Gasteiger partial charge is 0.345 e. The van der Waals surface area contributed by atoms with Gasteiger partial charge in [0.2, 0.25) is 5.91 Å². The summed E-state index contributed by atoms with van der Waals surface area (Å²) in [5.41, 5.74) is 6.31. The molecule has 0 spiro atoms. The van der Waals surface area contributed by atoms with Crippen molar-refractivity contribution >= 4 is 30.7 Å². The van der Waals surface area contributed by atoms with Crippen LogP contribution in [-0.4, -0.2) is 55.0 Å². The maximum absolute atomic E-state index is 12.7. The first kappa shape index (κ1) is 21.0. The van der Waals surface area contributed by atoms with Crippen molar-refractivity contribution in [1.29, 1.82) is 0 Å². The zero-order valence-corrected chi connectivity index (χ0v) is 16.1. The molecule has 1 saturated heterocycles. The molecule has 2 saturated carbocycles. The SMILES string of the molecule is CN(CCC1CCCCN1C)C(=O)C1C2CCC(C2)C1N.Cl.Cl. The number of amides is 1. The van der Waals surface area contributed by atoms with Crippen molar-refractivity contribution in [1.82, 2.24) is 9.80 Å². The van der Waals surface area contributed by atoms with Crippen LogP contribution in [0.1, 0.15) is 44.9 Å². The number of hydrogen-bond acceptors (Lipinski definition) is 3. The van der Waals surface area contributed by atoms with Crippen LogP contribution in [0.5, 0.6) is 0 Å². The number of carbonyl (C=O) groups excluding carboxylic acids is 1. The van der Waals surface area contributed by atoms with Crippen LogP contribution in [-0.2, 0) is 4.79 Å². The van der Waals surface area contributed by atoms with E-state index in [1.165, 1.54) is 45.1 Å². The molecule has 0 aromatic rings. The fourth-order valence-corrected chi connectivity index (χ4v) is 4.92. The second kappa shape index (κ2) is 8.89. The molecule has 0 aromatic heterocycles. The molecule has 6 heteroatoms. The lowest BCUT2D eigenvalue weighted by Crippen LogP contribution is -2.47. The van der Waals surface area contributed by atoms with Crippen molar-refractivity contribution in [2.24, 2.45) is 23.5 Å². The molecule has 2 N–H and O–H groups in total. The van der Waals surface area contributed by atoms with Crippen molar-refractivity contribution < 1.29 is 4.79 Å². The predicted molar refractivity (Wildman–Crippen MR) is 99.3 cm³/mol. The van der Waals surface area contributed by atoms with Crippen molar-refractivity contribution in [2.45, 2.75) is 57.0 Å². The lowest BCUT2D eigenvalue weighted by atomic mass is 9.84. The smallest absolute Gasteiger partial charge is 0.227 e. The number of fused-ring (bicyclic) bond motifs is 2. The third kappa shape index (κ3) is 4.33. The van der Waals surface area contributed by atoms with E-state index >= 15 is 0 Å². The Hall–Kier alpha value is -0.0300. The molecule has 4 nitrogen and oxygen atoms in total. The van der Waals surface area contributed by atoms with Crippen LogP contribution in [0.4, 0.5) is 0 Å². The highest BCUT2D eigenvalue weighted by Crippen LogP contribution is 2.48. The van der Waals surface area contributed by atoms with Gasteiger partial charge in [-0.3, -0.25) is 4.79 Å². The van der Waals surface area contributed by atoms with Gasteiger partial charge in [-0.2, -0.15) is 0 Å². The van der Waals surface area contributed by atoms with Gasteiger partial charge < -0.3 is 15.5 Å². The quantitative estimate of drug-likeness (QED) is 0.832. The van der Waals surface area contributed by atoms with Gasteiger partial charge in [0, 0.05) is 25.7 Å². The molecular formula is C17H33Cl2N3O. The third-order valence-electron chi connectivity index (χ3n) is 6.36. The van der Waals surface area contributed by atoms with Crippen LogP contribution >= 0.6 is 24.8 Å². The van der Waals surface area contributed by atoms with Gasteiger partial charge in [-0.1, -0.05) is 6.42 Å². The van der Waals surface area contributed by atoms with Gasteiger partial charge in [-0.15, -0.1) is 24.8 Å². The summed E-state index contributed by atoms with van der Waals surface area (Å²) in [5.74, 6) is 1.60. The minimum atomic E-state index is 0. The minimum Gasteiger partial charge on any atom is -0.345 e. The molecule has 1 aliphatic heterocycles. The Bertz CT molecular complexity index is 394. The molecule has 2 bridgehead atoms. The first-order chi connectivity index (χ1) is 10.1. The van der Waals surface area contributed by atoms with Crippen molar-refractivity contribution in [2.75, 3.05) is 27.2 Å². The molecular weight excluding hydrogens is 333 g/mol. The summed E-state index contributed by atoms with van der Waals surface area (Å²) >= 11 is 0. The second-order valence-corrected chi connectivity index (χ2v) is 7.62. The number of hydrogen-bond donors (Lipinski definition) is 1. The Morgan fingerprint density at radius 1 is 1.17 bits per heavy atom. The number of piperidine rings is 1. The Kier molecular flexibility index (Phi) is 8.12. The molecule has 5 atom stereocenters.